The standard InChI is InChI=1S/C21H22FN5O2S3/c1-11-2-7-14-15(8-11)31-19(17(14)18(23)29)25-16(28)10-30-21-27-26-20(32-21)24-9-12-3-5-13(22)6-4-12/h3-6,11H,2,7-10H2,1H3,(H2,23,29)(H,24,26)(H,25,28). The summed E-state index contributed by atoms with van der Waals surface area (Å²) >= 11 is 4.06. The Morgan fingerprint density at radius 2 is 2.03 bits per heavy atom. The van der Waals surface area contributed by atoms with Crippen molar-refractivity contribution in [1.29, 1.82) is 0 Å². The van der Waals surface area contributed by atoms with Gasteiger partial charge in [-0.3, -0.25) is 9.59 Å². The molecule has 3 aromatic rings. The van der Waals surface area contributed by atoms with Crippen molar-refractivity contribution < 1.29 is 14.0 Å². The van der Waals surface area contributed by atoms with Crippen LogP contribution in [0.1, 0.15) is 39.7 Å². The first-order valence-corrected chi connectivity index (χ1v) is 12.7. The van der Waals surface area contributed by atoms with Gasteiger partial charge in [-0.05, 0) is 48.4 Å². The van der Waals surface area contributed by atoms with Crippen molar-refractivity contribution in [2.24, 2.45) is 11.7 Å². The van der Waals surface area contributed by atoms with E-state index in [4.69, 9.17) is 5.73 Å². The zero-order valence-electron chi connectivity index (χ0n) is 17.3. The number of anilines is 2. The van der Waals surface area contributed by atoms with Crippen LogP contribution < -0.4 is 16.4 Å². The summed E-state index contributed by atoms with van der Waals surface area (Å²) in [6, 6.07) is 6.22. The number of rotatable bonds is 8. The van der Waals surface area contributed by atoms with Crippen LogP contribution in [0.3, 0.4) is 0 Å². The smallest absolute Gasteiger partial charge is 0.251 e. The minimum atomic E-state index is -0.499. The molecule has 4 rings (SSSR count). The van der Waals surface area contributed by atoms with Crippen molar-refractivity contribution in [1.82, 2.24) is 10.2 Å². The van der Waals surface area contributed by atoms with E-state index in [1.165, 1.54) is 46.6 Å². The molecule has 2 heterocycles. The molecule has 0 spiro atoms. The molecule has 4 N–H and O–H groups in total. The Kier molecular flexibility index (Phi) is 7.07. The maximum Gasteiger partial charge on any atom is 0.251 e. The molecule has 32 heavy (non-hydrogen) atoms. The number of nitrogens with two attached hydrogens (primary N) is 1. The second-order valence-electron chi connectivity index (χ2n) is 7.61. The fraction of sp³-hybridized carbons (Fsp3) is 0.333. The van der Waals surface area contributed by atoms with Gasteiger partial charge in [0.05, 0.1) is 11.3 Å². The van der Waals surface area contributed by atoms with Crippen LogP contribution >= 0.6 is 34.4 Å². The van der Waals surface area contributed by atoms with E-state index in [-0.39, 0.29) is 17.5 Å². The number of carbonyl (C=O) groups is 2. The highest BCUT2D eigenvalue weighted by molar-refractivity contribution is 8.01. The molecule has 1 atom stereocenters. The third-order valence-electron chi connectivity index (χ3n) is 5.10. The minimum Gasteiger partial charge on any atom is -0.365 e. The summed E-state index contributed by atoms with van der Waals surface area (Å²) in [5.41, 5.74) is 7.98. The molecular weight excluding hydrogens is 469 g/mol. The lowest BCUT2D eigenvalue weighted by Gasteiger charge is -2.18. The summed E-state index contributed by atoms with van der Waals surface area (Å²) < 4.78 is 13.6. The second-order valence-corrected chi connectivity index (χ2v) is 10.9. The largest absolute Gasteiger partial charge is 0.365 e. The van der Waals surface area contributed by atoms with Crippen LogP contribution in [0.15, 0.2) is 28.6 Å². The Balaban J connectivity index is 1.32. The topological polar surface area (TPSA) is 110 Å². The number of nitrogens with one attached hydrogen (secondary N) is 2. The van der Waals surface area contributed by atoms with Gasteiger partial charge in [-0.2, -0.15) is 0 Å². The number of thioether (sulfide) groups is 1. The predicted molar refractivity (Wildman–Crippen MR) is 127 cm³/mol. The number of hydrogen-bond donors (Lipinski definition) is 3. The highest BCUT2D eigenvalue weighted by Crippen LogP contribution is 2.39. The van der Waals surface area contributed by atoms with E-state index < -0.39 is 5.91 Å². The molecule has 11 heteroatoms. The van der Waals surface area contributed by atoms with Crippen molar-refractivity contribution in [2.45, 2.75) is 37.1 Å². The van der Waals surface area contributed by atoms with E-state index in [0.717, 1.165) is 35.3 Å². The molecule has 0 saturated carbocycles. The molecule has 1 aliphatic carbocycles. The van der Waals surface area contributed by atoms with Gasteiger partial charge < -0.3 is 16.4 Å². The Bertz CT molecular complexity index is 1130. The lowest BCUT2D eigenvalue weighted by molar-refractivity contribution is -0.113. The fourth-order valence-electron chi connectivity index (χ4n) is 3.51. The van der Waals surface area contributed by atoms with E-state index >= 15 is 0 Å². The highest BCUT2D eigenvalue weighted by atomic mass is 32.2. The predicted octanol–water partition coefficient (Wildman–Crippen LogP) is 4.31. The van der Waals surface area contributed by atoms with Gasteiger partial charge in [0.25, 0.3) is 5.91 Å². The van der Waals surface area contributed by atoms with Gasteiger partial charge in [-0.1, -0.05) is 42.2 Å². The molecule has 0 aliphatic heterocycles. The molecule has 7 nitrogen and oxygen atoms in total. The van der Waals surface area contributed by atoms with Gasteiger partial charge in [0, 0.05) is 11.4 Å². The molecule has 0 fully saturated rings. The SMILES string of the molecule is CC1CCc2c(sc(NC(=O)CSc3nnc(NCc4ccc(F)cc4)s3)c2C(N)=O)C1. The van der Waals surface area contributed by atoms with Crippen molar-refractivity contribution in [3.05, 3.63) is 51.7 Å². The molecule has 2 aromatic heterocycles. The van der Waals surface area contributed by atoms with Crippen molar-refractivity contribution in [3.8, 4) is 0 Å². The molecular formula is C21H22FN5O2S3. The lowest BCUT2D eigenvalue weighted by atomic mass is 9.88. The van der Waals surface area contributed by atoms with Crippen LogP contribution in [0.25, 0.3) is 0 Å². The number of nitrogens with zero attached hydrogens (tertiary/aromatic N) is 2. The molecule has 168 valence electrons. The van der Waals surface area contributed by atoms with Gasteiger partial charge in [0.1, 0.15) is 10.8 Å². The number of halogens is 1. The number of amides is 2. The van der Waals surface area contributed by atoms with Crippen LogP contribution in [0, 0.1) is 11.7 Å². The molecule has 1 aromatic carbocycles. The number of aromatic nitrogens is 2. The molecule has 1 unspecified atom stereocenters. The maximum absolute atomic E-state index is 13.0. The van der Waals surface area contributed by atoms with Crippen LogP contribution in [0.2, 0.25) is 0 Å². The number of hydrogen-bond acceptors (Lipinski definition) is 8. The first kappa shape index (κ1) is 22.7. The minimum absolute atomic E-state index is 0.143. The van der Waals surface area contributed by atoms with Gasteiger partial charge in [-0.25, -0.2) is 4.39 Å². The molecule has 0 bridgehead atoms. The first-order valence-electron chi connectivity index (χ1n) is 10.1. The number of thiophene rings is 1. The van der Waals surface area contributed by atoms with Crippen LogP contribution in [-0.2, 0) is 24.2 Å². The Hall–Kier alpha value is -2.50. The van der Waals surface area contributed by atoms with Crippen LogP contribution in [-0.4, -0.2) is 27.8 Å². The average Bonchev–Trinajstić information content (AvgIpc) is 3.35. The van der Waals surface area contributed by atoms with E-state index in [2.05, 4.69) is 27.8 Å². The number of fused-ring (bicyclic) bond motifs is 1. The molecule has 2 amide bonds. The lowest BCUT2D eigenvalue weighted by Crippen LogP contribution is -2.20. The third kappa shape index (κ3) is 5.45. The summed E-state index contributed by atoms with van der Waals surface area (Å²) in [6.07, 6.45) is 2.74. The summed E-state index contributed by atoms with van der Waals surface area (Å²) in [5.74, 6) is -0.295. The number of benzene rings is 1. The monoisotopic (exact) mass is 491 g/mol. The molecule has 0 radical (unpaired) electrons. The van der Waals surface area contributed by atoms with Gasteiger partial charge in [0.15, 0.2) is 4.34 Å². The Morgan fingerprint density at radius 3 is 2.78 bits per heavy atom. The summed E-state index contributed by atoms with van der Waals surface area (Å²) in [7, 11) is 0. The van der Waals surface area contributed by atoms with Crippen molar-refractivity contribution >= 4 is 56.4 Å². The normalized spacial score (nSPS) is 15.2. The quantitative estimate of drug-likeness (QED) is 0.405. The van der Waals surface area contributed by atoms with E-state index in [1.807, 2.05) is 0 Å². The number of carbonyl (C=O) groups excluding carboxylic acids is 2. The zero-order chi connectivity index (χ0) is 22.7. The van der Waals surface area contributed by atoms with E-state index in [1.54, 1.807) is 12.1 Å². The molecule has 1 aliphatic rings. The summed E-state index contributed by atoms with van der Waals surface area (Å²) in [6.45, 7) is 2.68. The van der Waals surface area contributed by atoms with E-state index in [9.17, 15) is 14.0 Å². The average molecular weight is 492 g/mol. The Labute approximate surface area is 197 Å². The second kappa shape index (κ2) is 9.97. The maximum atomic E-state index is 13.0. The summed E-state index contributed by atoms with van der Waals surface area (Å²) in [4.78, 5) is 25.7. The van der Waals surface area contributed by atoms with E-state index in [0.29, 0.717) is 32.5 Å². The summed E-state index contributed by atoms with van der Waals surface area (Å²) in [5, 5.41) is 15.3. The van der Waals surface area contributed by atoms with Crippen molar-refractivity contribution in [2.75, 3.05) is 16.4 Å². The number of primary amides is 1. The van der Waals surface area contributed by atoms with Crippen LogP contribution in [0.4, 0.5) is 14.5 Å². The highest BCUT2D eigenvalue weighted by Gasteiger charge is 2.27. The van der Waals surface area contributed by atoms with Crippen molar-refractivity contribution in [3.63, 3.8) is 0 Å². The Morgan fingerprint density at radius 1 is 1.25 bits per heavy atom. The fourth-order valence-corrected chi connectivity index (χ4v) is 6.49. The van der Waals surface area contributed by atoms with Crippen LogP contribution in [0.5, 0.6) is 0 Å². The van der Waals surface area contributed by atoms with Gasteiger partial charge in [-0.15, -0.1) is 21.5 Å². The zero-order valence-corrected chi connectivity index (χ0v) is 19.8. The van der Waals surface area contributed by atoms with Gasteiger partial charge in [0.2, 0.25) is 11.0 Å². The van der Waals surface area contributed by atoms with Gasteiger partial charge >= 0.3 is 0 Å². The molecule has 0 saturated heterocycles. The third-order valence-corrected chi connectivity index (χ3v) is 8.29. The first-order chi connectivity index (χ1) is 15.4.